The molecule has 0 spiro atoms. The molecule has 3 atom stereocenters. The van der Waals surface area contributed by atoms with Gasteiger partial charge < -0.3 is 0 Å². The maximum absolute atomic E-state index is 2.48. The van der Waals surface area contributed by atoms with Crippen molar-refractivity contribution in [3.05, 3.63) is 0 Å². The van der Waals surface area contributed by atoms with E-state index in [0.717, 1.165) is 17.8 Å². The molecule has 0 aliphatic rings. The average molecular weight is 834 g/mol. The van der Waals surface area contributed by atoms with Gasteiger partial charge >= 0.3 is 0 Å². The largest absolute Gasteiger partial charge is 0.0654 e. The van der Waals surface area contributed by atoms with Crippen LogP contribution < -0.4 is 0 Å². The molecule has 0 aromatic heterocycles. The first-order chi connectivity index (χ1) is 28.9. The second-order valence-corrected chi connectivity index (χ2v) is 20.4. The van der Waals surface area contributed by atoms with Gasteiger partial charge in [-0.05, 0) is 30.6 Å². The van der Waals surface area contributed by atoms with Gasteiger partial charge in [0.25, 0.3) is 0 Å². The molecule has 0 aliphatic heterocycles. The lowest BCUT2D eigenvalue weighted by atomic mass is 9.86. The zero-order chi connectivity index (χ0) is 44.0. The Morgan fingerprint density at radius 2 is 0.339 bits per heavy atom. The third kappa shape index (κ3) is 64.8. The Kier molecular flexibility index (Phi) is 64.5. The fraction of sp³-hybridized carbons (Fsp3) is 1.00. The van der Waals surface area contributed by atoms with Crippen LogP contribution in [-0.2, 0) is 0 Å². The standard InChI is InChI=1S/C24H50.C19H40.C16H34/c1-6-8-9-10-11-12-13-14-15-16-17-19-23(4)21-24(5)20-22(3)18-7-2;1-3-5-7-9-11-13-15-17-19-18-16-14-12-10-8-6-4-2;1-3-5-7-9-11-13-15-16-14-12-10-8-6-4-2/h22-24H,6-21H2,1-5H3;3-19H2,1-2H3;3-16H2,1-2H3. The molecular formula is C59H124. The quantitative estimate of drug-likeness (QED) is 0.0536. The maximum atomic E-state index is 2.48. The summed E-state index contributed by atoms with van der Waals surface area (Å²) in [5, 5.41) is 0. The van der Waals surface area contributed by atoms with E-state index in [-0.39, 0.29) is 0 Å². The first-order valence-electron chi connectivity index (χ1n) is 28.9. The summed E-state index contributed by atoms with van der Waals surface area (Å²) < 4.78 is 0. The highest BCUT2D eigenvalue weighted by molar-refractivity contribution is 4.64. The summed E-state index contributed by atoms with van der Waals surface area (Å²) in [6.45, 7) is 21.2. The van der Waals surface area contributed by atoms with Crippen molar-refractivity contribution >= 4 is 0 Å². The molecule has 0 heterocycles. The lowest BCUT2D eigenvalue weighted by molar-refractivity contribution is 0.319. The van der Waals surface area contributed by atoms with E-state index < -0.39 is 0 Å². The van der Waals surface area contributed by atoms with Crippen molar-refractivity contribution in [2.24, 2.45) is 17.8 Å². The van der Waals surface area contributed by atoms with Crippen LogP contribution in [0.25, 0.3) is 0 Å². The minimum Gasteiger partial charge on any atom is -0.0654 e. The summed E-state index contributed by atoms with van der Waals surface area (Å²) in [5.41, 5.74) is 0. The van der Waals surface area contributed by atoms with Gasteiger partial charge in [0.15, 0.2) is 0 Å². The lowest BCUT2D eigenvalue weighted by Crippen LogP contribution is -2.08. The summed E-state index contributed by atoms with van der Waals surface area (Å²) in [5.74, 6) is 2.79. The summed E-state index contributed by atoms with van der Waals surface area (Å²) in [6.07, 6.45) is 68.5. The highest BCUT2D eigenvalue weighted by atomic mass is 14.2. The predicted octanol–water partition coefficient (Wildman–Crippen LogP) is 23.3. The van der Waals surface area contributed by atoms with Crippen molar-refractivity contribution in [1.29, 1.82) is 0 Å². The Morgan fingerprint density at radius 3 is 0.525 bits per heavy atom. The first kappa shape index (κ1) is 63.3. The van der Waals surface area contributed by atoms with E-state index in [4.69, 9.17) is 0 Å². The molecular weight excluding hydrogens is 709 g/mol. The van der Waals surface area contributed by atoms with Crippen LogP contribution in [0.3, 0.4) is 0 Å². The Morgan fingerprint density at radius 1 is 0.169 bits per heavy atom. The van der Waals surface area contributed by atoms with Gasteiger partial charge in [0.05, 0.1) is 0 Å². The normalized spacial score (nSPS) is 12.8. The van der Waals surface area contributed by atoms with Crippen molar-refractivity contribution in [3.63, 3.8) is 0 Å². The third-order valence-electron chi connectivity index (χ3n) is 13.4. The van der Waals surface area contributed by atoms with Crippen molar-refractivity contribution in [1.82, 2.24) is 0 Å². The van der Waals surface area contributed by atoms with Crippen LogP contribution in [0.1, 0.15) is 364 Å². The van der Waals surface area contributed by atoms with Gasteiger partial charge in [-0.1, -0.05) is 351 Å². The van der Waals surface area contributed by atoms with Crippen molar-refractivity contribution in [3.8, 4) is 0 Å². The van der Waals surface area contributed by atoms with Crippen LogP contribution in [0.15, 0.2) is 0 Å². The van der Waals surface area contributed by atoms with Crippen LogP contribution in [0.2, 0.25) is 0 Å². The minimum atomic E-state index is 0.925. The average Bonchev–Trinajstić information content (AvgIpc) is 3.22. The second-order valence-electron chi connectivity index (χ2n) is 20.4. The zero-order valence-corrected chi connectivity index (χ0v) is 44.0. The zero-order valence-electron chi connectivity index (χ0n) is 44.0. The van der Waals surface area contributed by atoms with E-state index in [9.17, 15) is 0 Å². The van der Waals surface area contributed by atoms with Crippen molar-refractivity contribution in [2.45, 2.75) is 364 Å². The van der Waals surface area contributed by atoms with E-state index in [2.05, 4.69) is 62.3 Å². The minimum absolute atomic E-state index is 0.925. The van der Waals surface area contributed by atoms with Crippen LogP contribution in [0.4, 0.5) is 0 Å². The van der Waals surface area contributed by atoms with Gasteiger partial charge in [0.1, 0.15) is 0 Å². The maximum Gasteiger partial charge on any atom is -0.0438 e. The number of hydrogen-bond donors (Lipinski definition) is 0. The molecule has 0 heteroatoms. The van der Waals surface area contributed by atoms with Crippen LogP contribution >= 0.6 is 0 Å². The first-order valence-corrected chi connectivity index (χ1v) is 28.9. The van der Waals surface area contributed by atoms with Crippen LogP contribution in [-0.4, -0.2) is 0 Å². The summed E-state index contributed by atoms with van der Waals surface area (Å²) in [7, 11) is 0. The number of hydrogen-bond acceptors (Lipinski definition) is 0. The summed E-state index contributed by atoms with van der Waals surface area (Å²) in [4.78, 5) is 0. The molecule has 0 aliphatic carbocycles. The molecule has 0 nitrogen and oxygen atoms in total. The monoisotopic (exact) mass is 833 g/mol. The second kappa shape index (κ2) is 60.1. The van der Waals surface area contributed by atoms with E-state index in [1.807, 2.05) is 0 Å². The Labute approximate surface area is 380 Å². The fourth-order valence-electron chi connectivity index (χ4n) is 9.42. The summed E-state index contributed by atoms with van der Waals surface area (Å²) >= 11 is 0. The van der Waals surface area contributed by atoms with E-state index in [1.54, 1.807) is 0 Å². The van der Waals surface area contributed by atoms with Gasteiger partial charge in [-0.3, -0.25) is 0 Å². The van der Waals surface area contributed by atoms with Crippen molar-refractivity contribution < 1.29 is 0 Å². The smallest absolute Gasteiger partial charge is 0.0438 e. The topological polar surface area (TPSA) is 0 Å². The molecule has 0 amide bonds. The number of rotatable bonds is 47. The molecule has 360 valence electrons. The Bertz CT molecular complexity index is 620. The molecule has 59 heavy (non-hydrogen) atoms. The highest BCUT2D eigenvalue weighted by Gasteiger charge is 2.12. The lowest BCUT2D eigenvalue weighted by Gasteiger charge is -2.20. The van der Waals surface area contributed by atoms with E-state index >= 15 is 0 Å². The molecule has 0 N–H and O–H groups in total. The summed E-state index contributed by atoms with van der Waals surface area (Å²) in [6, 6.07) is 0. The van der Waals surface area contributed by atoms with E-state index in [0.29, 0.717) is 0 Å². The SMILES string of the molecule is CCCCCCCCCCCCCC(C)CC(C)CC(C)CCC.CCCCCCCCCCCCCCCC.CCCCCCCCCCCCCCCCCCC. The Balaban J connectivity index is -0.000000815. The van der Waals surface area contributed by atoms with Gasteiger partial charge in [-0.2, -0.15) is 0 Å². The molecule has 0 aromatic carbocycles. The molecule has 3 unspecified atom stereocenters. The van der Waals surface area contributed by atoms with Gasteiger partial charge in [0.2, 0.25) is 0 Å². The van der Waals surface area contributed by atoms with E-state index in [1.165, 1.54) is 302 Å². The van der Waals surface area contributed by atoms with Gasteiger partial charge in [-0.15, -0.1) is 0 Å². The molecule has 0 radical (unpaired) electrons. The van der Waals surface area contributed by atoms with Crippen LogP contribution in [0, 0.1) is 17.8 Å². The van der Waals surface area contributed by atoms with Gasteiger partial charge in [-0.25, -0.2) is 0 Å². The van der Waals surface area contributed by atoms with Crippen molar-refractivity contribution in [2.75, 3.05) is 0 Å². The predicted molar refractivity (Wildman–Crippen MR) is 279 cm³/mol. The molecule has 0 aromatic rings. The molecule has 0 rings (SSSR count). The third-order valence-corrected chi connectivity index (χ3v) is 13.4. The molecule has 0 saturated carbocycles. The molecule has 0 fully saturated rings. The number of unbranched alkanes of at least 4 members (excludes halogenated alkanes) is 39. The highest BCUT2D eigenvalue weighted by Crippen LogP contribution is 2.25. The molecule has 0 bridgehead atoms. The Hall–Kier alpha value is 0. The molecule has 0 saturated heterocycles. The fourth-order valence-corrected chi connectivity index (χ4v) is 9.42. The van der Waals surface area contributed by atoms with Gasteiger partial charge in [0, 0.05) is 0 Å². The van der Waals surface area contributed by atoms with Crippen LogP contribution in [0.5, 0.6) is 0 Å².